The molecule has 1 aliphatic rings. The minimum Gasteiger partial charge on any atom is -0.454 e. The molecule has 1 amide bonds. The number of nitrogens with one attached hydrogen (secondary N) is 1. The van der Waals surface area contributed by atoms with Crippen LogP contribution in [0.15, 0.2) is 72.9 Å². The highest BCUT2D eigenvalue weighted by atomic mass is 16.7. The van der Waals surface area contributed by atoms with E-state index in [1.165, 1.54) is 109 Å². The summed E-state index contributed by atoms with van der Waals surface area (Å²) in [5.74, 6) is -1.27. The van der Waals surface area contributed by atoms with Gasteiger partial charge >= 0.3 is 5.97 Å². The molecule has 0 spiro atoms. The second kappa shape index (κ2) is 48.1. The van der Waals surface area contributed by atoms with E-state index >= 15 is 0 Å². The van der Waals surface area contributed by atoms with Crippen molar-refractivity contribution >= 4 is 11.9 Å². The molecule has 0 aromatic rings. The van der Waals surface area contributed by atoms with E-state index in [9.17, 15) is 35.1 Å². The van der Waals surface area contributed by atoms with Gasteiger partial charge in [0.05, 0.1) is 25.4 Å². The maximum atomic E-state index is 13.3. The number of ether oxygens (including phenoxy) is 3. The first kappa shape index (κ1) is 66.1. The standard InChI is InChI=1S/C60H105NO10/c1-4-7-10-13-16-19-22-25-26-27-28-30-33-36-39-42-45-48-55(65)71-58-57(67)56(66)54(49-62)70-60(58)69-50-51(52(63)46-43-40-37-34-31-24-21-18-15-12-9-6-3)61-59(68)53(64)47-44-41-38-35-32-29-23-20-17-14-11-8-5-2/h16,19,25-26,28,30,32,35-36,39,43,46,51-54,56-58,60,62-64,66-67H,4-15,17-18,20-24,27,29,31,33-34,37-38,40-42,44-45,47-50H2,1-3H3,(H,61,68)/b19-16-,26-25-,30-28-,35-32-,39-36-,46-43+. The third-order valence-corrected chi connectivity index (χ3v) is 13.1. The normalized spacial score (nSPS) is 20.1. The number of hydrogen-bond acceptors (Lipinski definition) is 10. The monoisotopic (exact) mass is 1000 g/mol. The van der Waals surface area contributed by atoms with Crippen molar-refractivity contribution in [2.75, 3.05) is 13.2 Å². The summed E-state index contributed by atoms with van der Waals surface area (Å²) in [6, 6.07) is -1.04. The first-order chi connectivity index (χ1) is 34.7. The van der Waals surface area contributed by atoms with Crippen LogP contribution in [0.4, 0.5) is 0 Å². The van der Waals surface area contributed by atoms with Crippen molar-refractivity contribution in [1.29, 1.82) is 0 Å². The predicted octanol–water partition coefficient (Wildman–Crippen LogP) is 12.8. The van der Waals surface area contributed by atoms with Crippen molar-refractivity contribution in [2.24, 2.45) is 0 Å². The summed E-state index contributed by atoms with van der Waals surface area (Å²) in [5.41, 5.74) is 0. The largest absolute Gasteiger partial charge is 0.454 e. The van der Waals surface area contributed by atoms with Gasteiger partial charge in [0.2, 0.25) is 5.91 Å². The molecule has 71 heavy (non-hydrogen) atoms. The summed E-state index contributed by atoms with van der Waals surface area (Å²) in [7, 11) is 0. The lowest BCUT2D eigenvalue weighted by atomic mass is 9.99. The van der Waals surface area contributed by atoms with Gasteiger partial charge in [0.15, 0.2) is 12.4 Å². The number of allylic oxidation sites excluding steroid dienone is 11. The zero-order chi connectivity index (χ0) is 51.8. The molecule has 0 radical (unpaired) electrons. The molecule has 11 heteroatoms. The fourth-order valence-corrected chi connectivity index (χ4v) is 8.46. The number of aliphatic hydroxyl groups excluding tert-OH is 5. The van der Waals surface area contributed by atoms with Gasteiger partial charge < -0.3 is 45.1 Å². The van der Waals surface area contributed by atoms with E-state index in [-0.39, 0.29) is 19.4 Å². The number of hydrogen-bond donors (Lipinski definition) is 6. The second-order valence-corrected chi connectivity index (χ2v) is 19.7. The van der Waals surface area contributed by atoms with E-state index in [0.717, 1.165) is 70.6 Å². The van der Waals surface area contributed by atoms with Crippen LogP contribution >= 0.6 is 0 Å². The van der Waals surface area contributed by atoms with E-state index in [1.807, 2.05) is 18.2 Å². The topological polar surface area (TPSA) is 175 Å². The van der Waals surface area contributed by atoms with Crippen LogP contribution in [0.5, 0.6) is 0 Å². The summed E-state index contributed by atoms with van der Waals surface area (Å²) in [5, 5.41) is 56.7. The second-order valence-electron chi connectivity index (χ2n) is 19.7. The number of carbonyl (C=O) groups is 2. The predicted molar refractivity (Wildman–Crippen MR) is 292 cm³/mol. The van der Waals surface area contributed by atoms with Crippen LogP contribution < -0.4 is 5.32 Å². The lowest BCUT2D eigenvalue weighted by Gasteiger charge is -2.41. The van der Waals surface area contributed by atoms with Gasteiger partial charge in [-0.2, -0.15) is 0 Å². The summed E-state index contributed by atoms with van der Waals surface area (Å²) < 4.78 is 17.5. The van der Waals surface area contributed by atoms with Crippen molar-refractivity contribution in [1.82, 2.24) is 5.32 Å². The number of rotatable bonds is 47. The zero-order valence-electron chi connectivity index (χ0n) is 45.1. The van der Waals surface area contributed by atoms with Gasteiger partial charge in [-0.05, 0) is 89.9 Å². The van der Waals surface area contributed by atoms with Crippen LogP contribution in [-0.4, -0.2) is 99.6 Å². The molecule has 1 rings (SSSR count). The van der Waals surface area contributed by atoms with Crippen LogP contribution in [0, 0.1) is 0 Å². The summed E-state index contributed by atoms with van der Waals surface area (Å²) in [6.07, 6.45) is 49.5. The Hall–Kier alpha value is -2.90. The Bertz CT molecular complexity index is 1430. The van der Waals surface area contributed by atoms with Gasteiger partial charge in [-0.3, -0.25) is 9.59 Å². The van der Waals surface area contributed by atoms with Gasteiger partial charge in [-0.1, -0.05) is 209 Å². The smallest absolute Gasteiger partial charge is 0.306 e. The van der Waals surface area contributed by atoms with Crippen LogP contribution in [0.3, 0.4) is 0 Å². The fourth-order valence-electron chi connectivity index (χ4n) is 8.46. The molecule has 1 saturated heterocycles. The first-order valence-corrected chi connectivity index (χ1v) is 28.7. The Morgan fingerprint density at radius 2 is 0.972 bits per heavy atom. The molecule has 410 valence electrons. The van der Waals surface area contributed by atoms with Crippen molar-refractivity contribution in [2.45, 2.75) is 282 Å². The highest BCUT2D eigenvalue weighted by Gasteiger charge is 2.47. The average Bonchev–Trinajstić information content (AvgIpc) is 3.37. The van der Waals surface area contributed by atoms with Crippen LogP contribution in [0.2, 0.25) is 0 Å². The van der Waals surface area contributed by atoms with E-state index in [1.54, 1.807) is 6.08 Å². The van der Waals surface area contributed by atoms with Crippen molar-refractivity contribution in [3.8, 4) is 0 Å². The van der Waals surface area contributed by atoms with E-state index in [4.69, 9.17) is 14.2 Å². The highest BCUT2D eigenvalue weighted by Crippen LogP contribution is 2.26. The molecule has 11 nitrogen and oxygen atoms in total. The molecule has 8 atom stereocenters. The quantitative estimate of drug-likeness (QED) is 0.0196. The Labute approximate surface area is 432 Å². The molecule has 1 heterocycles. The number of unbranched alkanes of at least 4 members (excludes halogenated alkanes) is 23. The summed E-state index contributed by atoms with van der Waals surface area (Å²) in [6.45, 7) is 5.69. The van der Waals surface area contributed by atoms with E-state index < -0.39 is 67.4 Å². The fraction of sp³-hybridized carbons (Fsp3) is 0.767. The van der Waals surface area contributed by atoms with Gasteiger partial charge in [0, 0.05) is 6.42 Å². The summed E-state index contributed by atoms with van der Waals surface area (Å²) in [4.78, 5) is 26.4. The number of amides is 1. The maximum Gasteiger partial charge on any atom is 0.306 e. The molecule has 0 saturated carbocycles. The molecule has 0 bridgehead atoms. The molecular formula is C60H105NO10. The van der Waals surface area contributed by atoms with Gasteiger partial charge in [-0.15, -0.1) is 0 Å². The minimum absolute atomic E-state index is 0.0438. The van der Waals surface area contributed by atoms with Gasteiger partial charge in [0.1, 0.15) is 24.4 Å². The average molecular weight is 1000 g/mol. The Balaban J connectivity index is 2.78. The molecule has 0 aromatic heterocycles. The van der Waals surface area contributed by atoms with E-state index in [0.29, 0.717) is 19.3 Å². The molecule has 0 aromatic carbocycles. The van der Waals surface area contributed by atoms with Crippen LogP contribution in [0.1, 0.15) is 233 Å². The Morgan fingerprint density at radius 1 is 0.549 bits per heavy atom. The first-order valence-electron chi connectivity index (χ1n) is 28.7. The molecule has 8 unspecified atom stereocenters. The minimum atomic E-state index is -1.64. The lowest BCUT2D eigenvalue weighted by molar-refractivity contribution is -0.305. The molecule has 1 aliphatic heterocycles. The van der Waals surface area contributed by atoms with Crippen LogP contribution in [0.25, 0.3) is 0 Å². The Kier molecular flexibility index (Phi) is 44.8. The number of aliphatic hydroxyl groups is 5. The van der Waals surface area contributed by atoms with Crippen LogP contribution in [-0.2, 0) is 23.8 Å². The van der Waals surface area contributed by atoms with E-state index in [2.05, 4.69) is 74.7 Å². The van der Waals surface area contributed by atoms with Crippen molar-refractivity contribution in [3.05, 3.63) is 72.9 Å². The SMILES string of the molecule is CCCCC/C=C\C/C=C\C/C=C\C/C=C\CCCC(=O)OC1C(OCC(NC(=O)C(O)CCCC/C=C\CCCCCCCCC)C(O)/C=C/CCCCCCCCCCCC)OC(CO)C(O)C1O. The molecular weight excluding hydrogens is 895 g/mol. The number of carbonyl (C=O) groups excluding carboxylic acids is 2. The molecule has 6 N–H and O–H groups in total. The summed E-state index contributed by atoms with van der Waals surface area (Å²) >= 11 is 0. The van der Waals surface area contributed by atoms with Crippen molar-refractivity contribution in [3.63, 3.8) is 0 Å². The van der Waals surface area contributed by atoms with Crippen molar-refractivity contribution < 1.29 is 49.3 Å². The highest BCUT2D eigenvalue weighted by molar-refractivity contribution is 5.80. The Morgan fingerprint density at radius 3 is 1.49 bits per heavy atom. The molecule has 1 fully saturated rings. The third kappa shape index (κ3) is 36.6. The van der Waals surface area contributed by atoms with Gasteiger partial charge in [0.25, 0.3) is 0 Å². The third-order valence-electron chi connectivity index (χ3n) is 13.1. The number of esters is 1. The maximum absolute atomic E-state index is 13.3. The molecule has 0 aliphatic carbocycles. The zero-order valence-corrected chi connectivity index (χ0v) is 45.1. The lowest BCUT2D eigenvalue weighted by Crippen LogP contribution is -2.61. The van der Waals surface area contributed by atoms with Gasteiger partial charge in [-0.25, -0.2) is 0 Å².